The van der Waals surface area contributed by atoms with Crippen LogP contribution < -0.4 is 4.74 Å². The minimum Gasteiger partial charge on any atom is -0.489 e. The summed E-state index contributed by atoms with van der Waals surface area (Å²) in [6, 6.07) is 17.0. The van der Waals surface area contributed by atoms with Gasteiger partial charge in [0.15, 0.2) is 0 Å². The minimum atomic E-state index is -1.31. The van der Waals surface area contributed by atoms with Crippen molar-refractivity contribution in [1.82, 2.24) is 4.90 Å². The quantitative estimate of drug-likeness (QED) is 0.734. The van der Waals surface area contributed by atoms with Gasteiger partial charge in [0.2, 0.25) is 0 Å². The van der Waals surface area contributed by atoms with Gasteiger partial charge in [0.05, 0.1) is 6.04 Å². The summed E-state index contributed by atoms with van der Waals surface area (Å²) in [6.45, 7) is 7.36. The maximum Gasteiger partial charge on any atom is 0.411 e. The summed E-state index contributed by atoms with van der Waals surface area (Å²) >= 11 is 0. The lowest BCUT2D eigenvalue weighted by molar-refractivity contribution is -0.149. The zero-order valence-electron chi connectivity index (χ0n) is 17.9. The highest BCUT2D eigenvalue weighted by Gasteiger charge is 2.52. The Labute approximate surface area is 177 Å². The van der Waals surface area contributed by atoms with Gasteiger partial charge in [-0.1, -0.05) is 42.5 Å². The summed E-state index contributed by atoms with van der Waals surface area (Å²) in [4.78, 5) is 26.3. The molecule has 1 amide bonds. The van der Waals surface area contributed by atoms with Gasteiger partial charge in [-0.15, -0.1) is 0 Å². The first-order valence-electron chi connectivity index (χ1n) is 10.1. The average Bonchev–Trinajstić information content (AvgIpc) is 3.05. The Hall–Kier alpha value is -3.02. The molecule has 1 heterocycles. The van der Waals surface area contributed by atoms with Gasteiger partial charge < -0.3 is 14.6 Å². The molecule has 2 aromatic carbocycles. The Kier molecular flexibility index (Phi) is 6.06. The summed E-state index contributed by atoms with van der Waals surface area (Å²) in [5.41, 5.74) is -0.0857. The summed E-state index contributed by atoms with van der Waals surface area (Å²) in [5.74, 6) is -0.316. The van der Waals surface area contributed by atoms with Crippen LogP contribution in [0.25, 0.3) is 0 Å². The number of amides is 1. The molecule has 6 nitrogen and oxygen atoms in total. The Bertz CT molecular complexity index is 888. The van der Waals surface area contributed by atoms with E-state index in [-0.39, 0.29) is 6.04 Å². The number of carboxylic acid groups (broad SMARTS) is 1. The number of ether oxygens (including phenoxy) is 2. The summed E-state index contributed by atoms with van der Waals surface area (Å²) in [5, 5.41) is 9.81. The maximum atomic E-state index is 12.9. The number of carboxylic acids is 1. The smallest absolute Gasteiger partial charge is 0.411 e. The highest BCUT2D eigenvalue weighted by Crippen LogP contribution is 2.44. The predicted octanol–water partition coefficient (Wildman–Crippen LogP) is 5.18. The largest absolute Gasteiger partial charge is 0.489 e. The molecule has 2 atom stereocenters. The van der Waals surface area contributed by atoms with Gasteiger partial charge in [-0.25, -0.2) is 9.59 Å². The predicted molar refractivity (Wildman–Crippen MR) is 113 cm³/mol. The van der Waals surface area contributed by atoms with Crippen LogP contribution in [0.1, 0.15) is 57.7 Å². The fraction of sp³-hybridized carbons (Fsp3) is 0.417. The molecule has 0 aliphatic carbocycles. The van der Waals surface area contributed by atoms with Gasteiger partial charge in [-0.05, 0) is 63.8 Å². The third kappa shape index (κ3) is 4.75. The molecule has 0 spiro atoms. The molecule has 0 saturated carbocycles. The van der Waals surface area contributed by atoms with E-state index in [9.17, 15) is 14.7 Å². The van der Waals surface area contributed by atoms with Crippen LogP contribution in [0.5, 0.6) is 5.75 Å². The molecule has 3 rings (SSSR count). The number of hydrogen-bond donors (Lipinski definition) is 1. The number of carbonyl (C=O) groups is 2. The zero-order chi connectivity index (χ0) is 21.9. The molecule has 0 unspecified atom stereocenters. The van der Waals surface area contributed by atoms with E-state index < -0.39 is 23.2 Å². The van der Waals surface area contributed by atoms with Crippen molar-refractivity contribution in [2.75, 3.05) is 0 Å². The van der Waals surface area contributed by atoms with E-state index in [1.165, 1.54) is 4.90 Å². The van der Waals surface area contributed by atoms with Gasteiger partial charge >= 0.3 is 12.1 Å². The van der Waals surface area contributed by atoms with Crippen molar-refractivity contribution in [2.24, 2.45) is 0 Å². The third-order valence-corrected chi connectivity index (χ3v) is 5.31. The Morgan fingerprint density at radius 2 is 1.73 bits per heavy atom. The second kappa shape index (κ2) is 8.38. The van der Waals surface area contributed by atoms with E-state index in [2.05, 4.69) is 0 Å². The molecule has 0 radical (unpaired) electrons. The van der Waals surface area contributed by atoms with Gasteiger partial charge in [-0.2, -0.15) is 0 Å². The first-order chi connectivity index (χ1) is 14.1. The summed E-state index contributed by atoms with van der Waals surface area (Å²) < 4.78 is 11.4. The van der Waals surface area contributed by atoms with Crippen LogP contribution in [0.2, 0.25) is 0 Å². The molecule has 1 saturated heterocycles. The number of nitrogens with zero attached hydrogens (tertiary/aromatic N) is 1. The number of rotatable bonds is 5. The molecule has 1 aliphatic rings. The number of carbonyl (C=O) groups excluding carboxylic acids is 1. The number of benzene rings is 2. The standard InChI is InChI=1S/C24H29NO5/c1-23(2,3)30-22(28)25-20(14-15-24(25,4)21(26)27)18-10-12-19(13-11-18)29-16-17-8-6-5-7-9-17/h5-13,20H,14-16H2,1-4H3,(H,26,27)/t20-,24+/m1/s1. The number of aliphatic carboxylic acids is 1. The Morgan fingerprint density at radius 1 is 1.10 bits per heavy atom. The zero-order valence-corrected chi connectivity index (χ0v) is 17.9. The monoisotopic (exact) mass is 411 g/mol. The first kappa shape index (κ1) is 21.7. The molecule has 30 heavy (non-hydrogen) atoms. The SMILES string of the molecule is CC(C)(C)OC(=O)N1[C@@H](c2ccc(OCc3ccccc3)cc2)CC[C@@]1(C)C(=O)O. The second-order valence-corrected chi connectivity index (χ2v) is 8.83. The fourth-order valence-corrected chi connectivity index (χ4v) is 3.70. The Balaban J connectivity index is 1.78. The van der Waals surface area contributed by atoms with Gasteiger partial charge in [0.25, 0.3) is 0 Å². The van der Waals surface area contributed by atoms with Crippen molar-refractivity contribution in [3.63, 3.8) is 0 Å². The van der Waals surface area contributed by atoms with Crippen molar-refractivity contribution >= 4 is 12.1 Å². The van der Waals surface area contributed by atoms with Crippen molar-refractivity contribution in [3.05, 3.63) is 65.7 Å². The third-order valence-electron chi connectivity index (χ3n) is 5.31. The summed E-state index contributed by atoms with van der Waals surface area (Å²) in [7, 11) is 0. The van der Waals surface area contributed by atoms with Crippen LogP contribution in [0.3, 0.4) is 0 Å². The van der Waals surface area contributed by atoms with E-state index in [1.54, 1.807) is 27.7 Å². The van der Waals surface area contributed by atoms with Crippen molar-refractivity contribution in [2.45, 2.75) is 64.3 Å². The number of likely N-dealkylation sites (tertiary alicyclic amines) is 1. The molecule has 0 bridgehead atoms. The molecule has 160 valence electrons. The maximum absolute atomic E-state index is 12.9. The van der Waals surface area contributed by atoms with Gasteiger partial charge in [0, 0.05) is 0 Å². The molecular formula is C24H29NO5. The molecule has 1 N–H and O–H groups in total. The first-order valence-corrected chi connectivity index (χ1v) is 10.1. The fourth-order valence-electron chi connectivity index (χ4n) is 3.70. The van der Waals surface area contributed by atoms with E-state index in [4.69, 9.17) is 9.47 Å². The molecule has 2 aromatic rings. The second-order valence-electron chi connectivity index (χ2n) is 8.83. The van der Waals surface area contributed by atoms with E-state index in [1.807, 2.05) is 54.6 Å². The average molecular weight is 411 g/mol. The molecule has 6 heteroatoms. The van der Waals surface area contributed by atoms with Crippen molar-refractivity contribution in [1.29, 1.82) is 0 Å². The molecule has 1 fully saturated rings. The molecular weight excluding hydrogens is 382 g/mol. The van der Waals surface area contributed by atoms with E-state index >= 15 is 0 Å². The van der Waals surface area contributed by atoms with Crippen LogP contribution in [0, 0.1) is 0 Å². The normalized spacial score (nSPS) is 21.3. The molecule has 1 aliphatic heterocycles. The van der Waals surface area contributed by atoms with Crippen molar-refractivity contribution in [3.8, 4) is 5.75 Å². The van der Waals surface area contributed by atoms with Crippen LogP contribution in [0.15, 0.2) is 54.6 Å². The topological polar surface area (TPSA) is 76.1 Å². The summed E-state index contributed by atoms with van der Waals surface area (Å²) in [6.07, 6.45) is 0.296. The molecule has 0 aromatic heterocycles. The van der Waals surface area contributed by atoms with Gasteiger partial charge in [-0.3, -0.25) is 4.90 Å². The highest BCUT2D eigenvalue weighted by molar-refractivity contribution is 5.85. The van der Waals surface area contributed by atoms with Crippen LogP contribution in [-0.4, -0.2) is 33.2 Å². The van der Waals surface area contributed by atoms with Gasteiger partial charge in [0.1, 0.15) is 23.5 Å². The van der Waals surface area contributed by atoms with Crippen LogP contribution in [-0.2, 0) is 16.1 Å². The number of hydrogen-bond acceptors (Lipinski definition) is 4. The minimum absolute atomic E-state index is 0.360. The lowest BCUT2D eigenvalue weighted by atomic mass is 9.99. The Morgan fingerprint density at radius 3 is 2.30 bits per heavy atom. The van der Waals surface area contributed by atoms with Crippen LogP contribution in [0.4, 0.5) is 4.79 Å². The van der Waals surface area contributed by atoms with Crippen LogP contribution >= 0.6 is 0 Å². The van der Waals surface area contributed by atoms with Crippen molar-refractivity contribution < 1.29 is 24.2 Å². The highest BCUT2D eigenvalue weighted by atomic mass is 16.6. The lowest BCUT2D eigenvalue weighted by Gasteiger charge is -2.36. The lowest BCUT2D eigenvalue weighted by Crippen LogP contribution is -2.52. The van der Waals surface area contributed by atoms with E-state index in [0.29, 0.717) is 25.2 Å². The van der Waals surface area contributed by atoms with E-state index in [0.717, 1.165) is 11.1 Å².